The van der Waals surface area contributed by atoms with Crippen LogP contribution >= 0.6 is 15.9 Å². The van der Waals surface area contributed by atoms with Gasteiger partial charge in [0.05, 0.1) is 22.0 Å². The molecule has 2 aromatic rings. The molecule has 1 aliphatic rings. The van der Waals surface area contributed by atoms with Crippen LogP contribution < -0.4 is 9.03 Å². The van der Waals surface area contributed by atoms with E-state index in [-0.39, 0.29) is 34.0 Å². The van der Waals surface area contributed by atoms with Gasteiger partial charge < -0.3 is 0 Å². The predicted octanol–water partition coefficient (Wildman–Crippen LogP) is 2.76. The molecule has 2 aromatic carbocycles. The van der Waals surface area contributed by atoms with Gasteiger partial charge in [-0.15, -0.1) is 0 Å². The first-order valence-electron chi connectivity index (χ1n) is 7.66. The van der Waals surface area contributed by atoms with Crippen molar-refractivity contribution in [2.24, 2.45) is 0 Å². The van der Waals surface area contributed by atoms with E-state index in [1.54, 1.807) is 0 Å². The number of sulfonamides is 2. The van der Waals surface area contributed by atoms with Crippen LogP contribution in [0.5, 0.6) is 0 Å². The molecule has 1 amide bonds. The van der Waals surface area contributed by atoms with Crippen LogP contribution in [0.3, 0.4) is 0 Å². The molecule has 7 nitrogen and oxygen atoms in total. The number of nitrogens with one attached hydrogen (secondary N) is 1. The monoisotopic (exact) mass is 476 g/mol. The quantitative estimate of drug-likeness (QED) is 0.730. The summed E-state index contributed by atoms with van der Waals surface area (Å²) in [5.74, 6) is -1.61. The molecule has 1 aliphatic heterocycles. The maximum atomic E-state index is 13.9. The molecular formula is C16H14BrFN2O5S2. The lowest BCUT2D eigenvalue weighted by Gasteiger charge is -2.17. The summed E-state index contributed by atoms with van der Waals surface area (Å²) in [6, 6.07) is 7.60. The van der Waals surface area contributed by atoms with E-state index in [1.165, 1.54) is 37.3 Å². The largest absolute Gasteiger partial charge is 0.277 e. The third-order valence-electron chi connectivity index (χ3n) is 3.94. The number of hydrogen-bond donors (Lipinski definition) is 1. The van der Waals surface area contributed by atoms with Crippen LogP contribution in [0.1, 0.15) is 12.0 Å². The summed E-state index contributed by atoms with van der Waals surface area (Å²) < 4.78 is 66.4. The van der Waals surface area contributed by atoms with Crippen molar-refractivity contribution in [2.45, 2.75) is 18.2 Å². The van der Waals surface area contributed by atoms with Crippen molar-refractivity contribution in [3.8, 4) is 0 Å². The molecule has 144 valence electrons. The van der Waals surface area contributed by atoms with Gasteiger partial charge in [-0.25, -0.2) is 25.5 Å². The molecule has 3 rings (SSSR count). The van der Waals surface area contributed by atoms with Crippen LogP contribution in [-0.4, -0.2) is 28.5 Å². The van der Waals surface area contributed by atoms with Gasteiger partial charge >= 0.3 is 0 Å². The van der Waals surface area contributed by atoms with Crippen molar-refractivity contribution in [1.29, 1.82) is 0 Å². The predicted molar refractivity (Wildman–Crippen MR) is 102 cm³/mol. The molecule has 0 aliphatic carbocycles. The first-order chi connectivity index (χ1) is 12.5. The van der Waals surface area contributed by atoms with E-state index >= 15 is 0 Å². The average Bonchev–Trinajstić information content (AvgIpc) is 2.83. The van der Waals surface area contributed by atoms with Crippen molar-refractivity contribution in [3.63, 3.8) is 0 Å². The Morgan fingerprint density at radius 1 is 1.19 bits per heavy atom. The second kappa shape index (κ2) is 6.88. The molecule has 11 heteroatoms. The van der Waals surface area contributed by atoms with E-state index in [0.29, 0.717) is 8.78 Å². The molecule has 0 atom stereocenters. The van der Waals surface area contributed by atoms with Crippen LogP contribution in [0.15, 0.2) is 45.8 Å². The Hall–Kier alpha value is -1.98. The van der Waals surface area contributed by atoms with Crippen LogP contribution in [-0.2, 0) is 24.8 Å². The molecule has 0 spiro atoms. The van der Waals surface area contributed by atoms with Crippen molar-refractivity contribution in [3.05, 3.63) is 52.3 Å². The molecule has 0 bridgehead atoms. The lowest BCUT2D eigenvalue weighted by Crippen LogP contribution is -2.29. The number of carbonyl (C=O) groups is 1. The zero-order valence-corrected chi connectivity index (χ0v) is 17.2. The minimum Gasteiger partial charge on any atom is -0.277 e. The number of amides is 1. The fraction of sp³-hybridized carbons (Fsp3) is 0.188. The minimum absolute atomic E-state index is 0.0729. The van der Waals surface area contributed by atoms with Crippen LogP contribution in [0.4, 0.5) is 15.8 Å². The Bertz CT molecular complexity index is 1150. The Balaban J connectivity index is 1.96. The summed E-state index contributed by atoms with van der Waals surface area (Å²) >= 11 is 3.09. The number of benzene rings is 2. The summed E-state index contributed by atoms with van der Waals surface area (Å²) in [6.45, 7) is 1.46. The number of anilines is 2. The molecule has 1 N–H and O–H groups in total. The summed E-state index contributed by atoms with van der Waals surface area (Å²) in [5.41, 5.74) is 0.0650. The SMILES string of the molecule is Cc1cc(N2C(=O)CCS2(=O)=O)ccc1S(=O)(=O)Nc1ccc(Br)cc1F. The van der Waals surface area contributed by atoms with Crippen molar-refractivity contribution >= 4 is 53.3 Å². The Kier molecular flexibility index (Phi) is 5.04. The van der Waals surface area contributed by atoms with Gasteiger partial charge in [0.2, 0.25) is 15.9 Å². The second-order valence-electron chi connectivity index (χ2n) is 5.90. The molecule has 1 fully saturated rings. The number of aryl methyl sites for hydroxylation is 1. The third-order valence-corrected chi connectivity index (χ3v) is 7.65. The van der Waals surface area contributed by atoms with Crippen LogP contribution in [0, 0.1) is 12.7 Å². The van der Waals surface area contributed by atoms with Crippen molar-refractivity contribution < 1.29 is 26.0 Å². The molecule has 1 saturated heterocycles. The van der Waals surface area contributed by atoms with Crippen LogP contribution in [0.2, 0.25) is 0 Å². The Morgan fingerprint density at radius 3 is 2.44 bits per heavy atom. The molecule has 0 unspecified atom stereocenters. The molecule has 0 aromatic heterocycles. The number of nitrogens with zero attached hydrogens (tertiary/aromatic N) is 1. The van der Waals surface area contributed by atoms with Gasteiger partial charge in [0.15, 0.2) is 0 Å². The van der Waals surface area contributed by atoms with Gasteiger partial charge in [0.1, 0.15) is 5.82 Å². The number of halogens is 2. The van der Waals surface area contributed by atoms with Gasteiger partial charge in [0.25, 0.3) is 10.0 Å². The standard InChI is InChI=1S/C16H14BrFN2O5S2/c1-10-8-12(20-16(21)6-7-26(20,22)23)3-5-15(10)27(24,25)19-14-4-2-11(17)9-13(14)18/h2-5,8-9,19H,6-7H2,1H3. The van der Waals surface area contributed by atoms with Gasteiger partial charge in [-0.1, -0.05) is 15.9 Å². The number of rotatable bonds is 4. The van der Waals surface area contributed by atoms with E-state index in [9.17, 15) is 26.0 Å². The topological polar surface area (TPSA) is 101 Å². The fourth-order valence-electron chi connectivity index (χ4n) is 2.70. The van der Waals surface area contributed by atoms with E-state index in [4.69, 9.17) is 0 Å². The highest BCUT2D eigenvalue weighted by atomic mass is 79.9. The van der Waals surface area contributed by atoms with E-state index < -0.39 is 31.8 Å². The van der Waals surface area contributed by atoms with Crippen LogP contribution in [0.25, 0.3) is 0 Å². The highest BCUT2D eigenvalue weighted by Crippen LogP contribution is 2.30. The average molecular weight is 477 g/mol. The minimum atomic E-state index is -4.12. The molecule has 27 heavy (non-hydrogen) atoms. The summed E-state index contributed by atoms with van der Waals surface area (Å²) in [5, 5.41) is 0. The van der Waals surface area contributed by atoms with Gasteiger partial charge in [-0.05, 0) is 48.9 Å². The first kappa shape index (κ1) is 19.8. The maximum Gasteiger partial charge on any atom is 0.262 e. The van der Waals surface area contributed by atoms with Gasteiger partial charge in [-0.2, -0.15) is 0 Å². The maximum absolute atomic E-state index is 13.9. The molecule has 0 saturated carbocycles. The third kappa shape index (κ3) is 3.85. The van der Waals surface area contributed by atoms with Crippen molar-refractivity contribution in [2.75, 3.05) is 14.8 Å². The van der Waals surface area contributed by atoms with E-state index in [0.717, 1.165) is 6.07 Å². The van der Waals surface area contributed by atoms with E-state index in [1.807, 2.05) is 0 Å². The Morgan fingerprint density at radius 2 is 1.89 bits per heavy atom. The number of carbonyl (C=O) groups excluding carboxylic acids is 1. The fourth-order valence-corrected chi connectivity index (χ4v) is 5.78. The van der Waals surface area contributed by atoms with Gasteiger partial charge in [0, 0.05) is 10.9 Å². The summed E-state index contributed by atoms with van der Waals surface area (Å²) in [6.07, 6.45) is -0.119. The summed E-state index contributed by atoms with van der Waals surface area (Å²) in [4.78, 5) is 11.7. The molecular weight excluding hydrogens is 463 g/mol. The molecule has 0 radical (unpaired) electrons. The summed E-state index contributed by atoms with van der Waals surface area (Å²) in [7, 11) is -7.87. The highest BCUT2D eigenvalue weighted by molar-refractivity contribution is 9.10. The molecule has 1 heterocycles. The smallest absolute Gasteiger partial charge is 0.262 e. The lowest BCUT2D eigenvalue weighted by molar-refractivity contribution is -0.116. The lowest BCUT2D eigenvalue weighted by atomic mass is 10.2. The van der Waals surface area contributed by atoms with Gasteiger partial charge in [-0.3, -0.25) is 9.52 Å². The van der Waals surface area contributed by atoms with Crippen molar-refractivity contribution in [1.82, 2.24) is 0 Å². The zero-order valence-electron chi connectivity index (χ0n) is 13.9. The first-order valence-corrected chi connectivity index (χ1v) is 11.5. The second-order valence-corrected chi connectivity index (χ2v) is 10.4. The van der Waals surface area contributed by atoms with E-state index in [2.05, 4.69) is 20.7 Å². The highest BCUT2D eigenvalue weighted by Gasteiger charge is 2.36. The number of hydrogen-bond acceptors (Lipinski definition) is 5. The Labute approximate surface area is 164 Å². The zero-order chi connectivity index (χ0) is 20.0. The normalized spacial score (nSPS) is 16.6.